The van der Waals surface area contributed by atoms with Gasteiger partial charge in [0.15, 0.2) is 6.61 Å². The number of sulfonamides is 1. The number of carbonyl (C=O) groups excluding carboxylic acids is 1. The molecule has 0 saturated carbocycles. The van der Waals surface area contributed by atoms with Crippen LogP contribution < -0.4 is 10.1 Å². The molecule has 1 N–H and O–H groups in total. The monoisotopic (exact) mass is 402 g/mol. The average molecular weight is 403 g/mol. The summed E-state index contributed by atoms with van der Waals surface area (Å²) in [6, 6.07) is 13.7. The Hall–Kier alpha value is -2.38. The number of nitrogens with zero attached hydrogens (tertiary/aromatic N) is 1. The zero-order valence-electron chi connectivity index (χ0n) is 16.2. The second kappa shape index (κ2) is 8.75. The number of anilines is 1. The number of nitrogens with one attached hydrogen (secondary N) is 1. The second-order valence-electron chi connectivity index (χ2n) is 7.28. The summed E-state index contributed by atoms with van der Waals surface area (Å²) in [6.07, 6.45) is 1.94. The van der Waals surface area contributed by atoms with Crippen molar-refractivity contribution in [3.05, 3.63) is 54.1 Å². The summed E-state index contributed by atoms with van der Waals surface area (Å²) >= 11 is 0. The molecule has 2 aromatic rings. The first kappa shape index (κ1) is 20.4. The molecule has 0 spiro atoms. The van der Waals surface area contributed by atoms with E-state index in [4.69, 9.17) is 4.74 Å². The number of hydrogen-bond donors (Lipinski definition) is 1. The number of carbonyl (C=O) groups is 1. The quantitative estimate of drug-likeness (QED) is 0.803. The molecule has 28 heavy (non-hydrogen) atoms. The lowest BCUT2D eigenvalue weighted by Crippen LogP contribution is -2.39. The van der Waals surface area contributed by atoms with Gasteiger partial charge in [-0.2, -0.15) is 4.31 Å². The summed E-state index contributed by atoms with van der Waals surface area (Å²) in [7, 11) is -3.49. The summed E-state index contributed by atoms with van der Waals surface area (Å²) in [5, 5.41) is 2.72. The normalized spacial score (nSPS) is 17.9. The molecule has 6 nitrogen and oxygen atoms in total. The van der Waals surface area contributed by atoms with Crippen molar-refractivity contribution in [2.45, 2.75) is 31.6 Å². The standard InChI is InChI=1S/C21H26N2O4S/c1-16-5-9-19(10-6-16)27-15-21(24)22-18-7-11-20(12-8-18)28(25,26)23-13-3-4-17(2)14-23/h5-12,17H,3-4,13-15H2,1-2H3,(H,22,24). The number of hydrogen-bond acceptors (Lipinski definition) is 4. The molecule has 1 heterocycles. The predicted octanol–water partition coefficient (Wildman–Crippen LogP) is 3.43. The predicted molar refractivity (Wildman–Crippen MR) is 109 cm³/mol. The number of rotatable bonds is 6. The van der Waals surface area contributed by atoms with Gasteiger partial charge in [-0.05, 0) is 62.1 Å². The van der Waals surface area contributed by atoms with Crippen LogP contribution in [0, 0.1) is 12.8 Å². The van der Waals surface area contributed by atoms with Gasteiger partial charge in [0, 0.05) is 18.8 Å². The Morgan fingerprint density at radius 2 is 1.82 bits per heavy atom. The van der Waals surface area contributed by atoms with E-state index in [1.807, 2.05) is 31.2 Å². The van der Waals surface area contributed by atoms with E-state index < -0.39 is 10.0 Å². The van der Waals surface area contributed by atoms with Gasteiger partial charge in [0.05, 0.1) is 4.90 Å². The molecular weight excluding hydrogens is 376 g/mol. The molecule has 1 amide bonds. The summed E-state index contributed by atoms with van der Waals surface area (Å²) in [5.74, 6) is 0.689. The molecular formula is C21H26N2O4S. The minimum atomic E-state index is -3.49. The van der Waals surface area contributed by atoms with Crippen LogP contribution in [0.4, 0.5) is 5.69 Å². The van der Waals surface area contributed by atoms with Crippen LogP contribution in [-0.4, -0.2) is 38.3 Å². The number of aryl methyl sites for hydroxylation is 1. The lowest BCUT2D eigenvalue weighted by atomic mass is 10.0. The Kier molecular flexibility index (Phi) is 6.36. The molecule has 0 aliphatic carbocycles. The highest BCUT2D eigenvalue weighted by molar-refractivity contribution is 7.89. The van der Waals surface area contributed by atoms with Crippen molar-refractivity contribution in [3.63, 3.8) is 0 Å². The average Bonchev–Trinajstić information content (AvgIpc) is 2.68. The number of amides is 1. The Bertz CT molecular complexity index is 908. The number of benzene rings is 2. The van der Waals surface area contributed by atoms with Crippen molar-refractivity contribution in [1.29, 1.82) is 0 Å². The van der Waals surface area contributed by atoms with Crippen LogP contribution in [0.1, 0.15) is 25.3 Å². The molecule has 1 fully saturated rings. The zero-order chi connectivity index (χ0) is 20.1. The fraction of sp³-hybridized carbons (Fsp3) is 0.381. The van der Waals surface area contributed by atoms with E-state index >= 15 is 0 Å². The van der Waals surface area contributed by atoms with E-state index in [9.17, 15) is 13.2 Å². The summed E-state index contributed by atoms with van der Waals surface area (Å²) in [5.41, 5.74) is 1.65. The molecule has 1 saturated heterocycles. The Balaban J connectivity index is 1.57. The fourth-order valence-electron chi connectivity index (χ4n) is 3.20. The topological polar surface area (TPSA) is 75.7 Å². The Morgan fingerprint density at radius 3 is 2.46 bits per heavy atom. The van der Waals surface area contributed by atoms with Crippen molar-refractivity contribution in [1.82, 2.24) is 4.31 Å². The summed E-state index contributed by atoms with van der Waals surface area (Å²) < 4.78 is 32.5. The smallest absolute Gasteiger partial charge is 0.262 e. The molecule has 7 heteroatoms. The first-order valence-electron chi connectivity index (χ1n) is 9.44. The van der Waals surface area contributed by atoms with Crippen molar-refractivity contribution in [2.75, 3.05) is 25.0 Å². The molecule has 2 aromatic carbocycles. The zero-order valence-corrected chi connectivity index (χ0v) is 17.0. The van der Waals surface area contributed by atoms with E-state index in [1.165, 1.54) is 12.1 Å². The number of piperidine rings is 1. The van der Waals surface area contributed by atoms with Gasteiger partial charge in [-0.1, -0.05) is 24.6 Å². The van der Waals surface area contributed by atoms with Crippen LogP contribution in [0.25, 0.3) is 0 Å². The van der Waals surface area contributed by atoms with Crippen LogP contribution in [0.2, 0.25) is 0 Å². The summed E-state index contributed by atoms with van der Waals surface area (Å²) in [6.45, 7) is 5.04. The van der Waals surface area contributed by atoms with Crippen LogP contribution in [0.15, 0.2) is 53.4 Å². The van der Waals surface area contributed by atoms with Crippen LogP contribution >= 0.6 is 0 Å². The fourth-order valence-corrected chi connectivity index (χ4v) is 4.80. The third-order valence-corrected chi connectivity index (χ3v) is 6.67. The maximum absolute atomic E-state index is 12.8. The highest BCUT2D eigenvalue weighted by Gasteiger charge is 2.28. The summed E-state index contributed by atoms with van der Waals surface area (Å²) in [4.78, 5) is 12.3. The second-order valence-corrected chi connectivity index (χ2v) is 9.22. The maximum atomic E-state index is 12.8. The molecule has 0 radical (unpaired) electrons. The van der Waals surface area contributed by atoms with E-state index in [-0.39, 0.29) is 17.4 Å². The Labute approximate surface area is 166 Å². The SMILES string of the molecule is Cc1ccc(OCC(=O)Nc2ccc(S(=O)(=O)N3CCCC(C)C3)cc2)cc1. The minimum absolute atomic E-state index is 0.116. The lowest BCUT2D eigenvalue weighted by molar-refractivity contribution is -0.118. The first-order chi connectivity index (χ1) is 13.3. The van der Waals surface area contributed by atoms with Crippen LogP contribution in [-0.2, 0) is 14.8 Å². The lowest BCUT2D eigenvalue weighted by Gasteiger charge is -2.30. The highest BCUT2D eigenvalue weighted by atomic mass is 32.2. The van der Waals surface area contributed by atoms with Crippen LogP contribution in [0.3, 0.4) is 0 Å². The molecule has 0 aromatic heterocycles. The van der Waals surface area contributed by atoms with Crippen LogP contribution in [0.5, 0.6) is 5.75 Å². The molecule has 0 bridgehead atoms. The largest absolute Gasteiger partial charge is 0.484 e. The molecule has 1 unspecified atom stereocenters. The van der Waals surface area contributed by atoms with E-state index in [0.717, 1.165) is 18.4 Å². The maximum Gasteiger partial charge on any atom is 0.262 e. The van der Waals surface area contributed by atoms with Crippen molar-refractivity contribution < 1.29 is 17.9 Å². The van der Waals surface area contributed by atoms with Gasteiger partial charge in [-0.3, -0.25) is 4.79 Å². The van der Waals surface area contributed by atoms with E-state index in [0.29, 0.717) is 30.4 Å². The Morgan fingerprint density at radius 1 is 1.14 bits per heavy atom. The van der Waals surface area contributed by atoms with E-state index in [1.54, 1.807) is 16.4 Å². The van der Waals surface area contributed by atoms with Crippen molar-refractivity contribution in [2.24, 2.45) is 5.92 Å². The molecule has 1 atom stereocenters. The molecule has 1 aliphatic rings. The van der Waals surface area contributed by atoms with Gasteiger partial charge in [-0.25, -0.2) is 8.42 Å². The van der Waals surface area contributed by atoms with Crippen molar-refractivity contribution >= 4 is 21.6 Å². The molecule has 3 rings (SSSR count). The van der Waals surface area contributed by atoms with Gasteiger partial charge in [0.2, 0.25) is 10.0 Å². The number of ether oxygens (including phenoxy) is 1. The van der Waals surface area contributed by atoms with Gasteiger partial charge in [-0.15, -0.1) is 0 Å². The van der Waals surface area contributed by atoms with Gasteiger partial charge < -0.3 is 10.1 Å². The molecule has 150 valence electrons. The van der Waals surface area contributed by atoms with Gasteiger partial charge >= 0.3 is 0 Å². The molecule has 1 aliphatic heterocycles. The highest BCUT2D eigenvalue weighted by Crippen LogP contribution is 2.24. The van der Waals surface area contributed by atoms with Crippen molar-refractivity contribution in [3.8, 4) is 5.75 Å². The minimum Gasteiger partial charge on any atom is -0.484 e. The van der Waals surface area contributed by atoms with E-state index in [2.05, 4.69) is 12.2 Å². The van der Waals surface area contributed by atoms with Gasteiger partial charge in [0.1, 0.15) is 5.75 Å². The third kappa shape index (κ3) is 5.11. The first-order valence-corrected chi connectivity index (χ1v) is 10.9. The van der Waals surface area contributed by atoms with Gasteiger partial charge in [0.25, 0.3) is 5.91 Å². The third-order valence-electron chi connectivity index (χ3n) is 4.79.